The molecule has 0 unspecified atom stereocenters. The number of nitrogens with zero attached hydrogens (tertiary/aromatic N) is 4. The summed E-state index contributed by atoms with van der Waals surface area (Å²) in [6.45, 7) is 12.5. The highest BCUT2D eigenvalue weighted by atomic mass is 16.6. The fourth-order valence-corrected chi connectivity index (χ4v) is 3.48. The van der Waals surface area contributed by atoms with E-state index in [2.05, 4.69) is 35.7 Å². The molecule has 0 spiro atoms. The summed E-state index contributed by atoms with van der Waals surface area (Å²) in [7, 11) is 1.64. The monoisotopic (exact) mass is 439 g/mol. The maximum Gasteiger partial charge on any atom is 0.409 e. The fraction of sp³-hybridized carbons (Fsp3) is 0.500. The zero-order valence-electron chi connectivity index (χ0n) is 19.9. The summed E-state index contributed by atoms with van der Waals surface area (Å²) in [6, 6.07) is 4.05. The molecule has 1 saturated heterocycles. The first-order valence-corrected chi connectivity index (χ1v) is 11.1. The highest BCUT2D eigenvalue weighted by Crippen LogP contribution is 2.31. The Morgan fingerprint density at radius 3 is 2.62 bits per heavy atom. The van der Waals surface area contributed by atoms with Crippen molar-refractivity contribution in [3.05, 3.63) is 35.3 Å². The summed E-state index contributed by atoms with van der Waals surface area (Å²) in [6.07, 6.45) is 3.98. The molecule has 4 rings (SSSR count). The summed E-state index contributed by atoms with van der Waals surface area (Å²) in [5.74, 6) is 0.945. The second-order valence-corrected chi connectivity index (χ2v) is 8.23. The molecule has 172 valence electrons. The van der Waals surface area contributed by atoms with Gasteiger partial charge in [0, 0.05) is 18.4 Å². The number of cyclic esters (lactones) is 1. The minimum atomic E-state index is -0.145. The van der Waals surface area contributed by atoms with E-state index in [1.54, 1.807) is 12.0 Å². The Hall–Kier alpha value is -3.16. The molecule has 0 aliphatic carbocycles. The Labute approximate surface area is 189 Å². The first kappa shape index (κ1) is 23.5. The van der Waals surface area contributed by atoms with Gasteiger partial charge < -0.3 is 19.4 Å². The van der Waals surface area contributed by atoms with Crippen LogP contribution in [-0.2, 0) is 4.74 Å². The lowest BCUT2D eigenvalue weighted by molar-refractivity contribution is 0.158. The van der Waals surface area contributed by atoms with Crippen molar-refractivity contribution in [2.75, 3.05) is 26.8 Å². The van der Waals surface area contributed by atoms with Gasteiger partial charge in [0.25, 0.3) is 0 Å². The minimum Gasteiger partial charge on any atom is -0.480 e. The van der Waals surface area contributed by atoms with Gasteiger partial charge in [0.05, 0.1) is 30.6 Å². The molecule has 1 aliphatic heterocycles. The molecule has 3 aromatic rings. The molecule has 1 fully saturated rings. The zero-order chi connectivity index (χ0) is 23.3. The Balaban J connectivity index is 0.000000243. The van der Waals surface area contributed by atoms with E-state index in [0.717, 1.165) is 65.3 Å². The van der Waals surface area contributed by atoms with Crippen molar-refractivity contribution in [2.24, 2.45) is 0 Å². The number of aromatic amines is 1. The molecular formula is C24H33N5O3. The van der Waals surface area contributed by atoms with Crippen molar-refractivity contribution in [2.45, 2.75) is 53.4 Å². The van der Waals surface area contributed by atoms with Crippen LogP contribution in [0.25, 0.3) is 22.4 Å². The number of nitrogens with one attached hydrogen (secondary N) is 1. The molecule has 0 bridgehead atoms. The second-order valence-electron chi connectivity index (χ2n) is 8.23. The van der Waals surface area contributed by atoms with Gasteiger partial charge in [-0.1, -0.05) is 27.2 Å². The van der Waals surface area contributed by atoms with E-state index in [0.29, 0.717) is 18.4 Å². The Morgan fingerprint density at radius 2 is 2.00 bits per heavy atom. The SMILES string of the molecule is CCCCN1CCOC1=O.COc1nc(C(C)C)ccc1-c1nc2c(C)c[nH]c2nc1C. The third-order valence-electron chi connectivity index (χ3n) is 5.42. The number of aromatic nitrogens is 4. The van der Waals surface area contributed by atoms with E-state index in [-0.39, 0.29) is 6.09 Å². The summed E-state index contributed by atoms with van der Waals surface area (Å²) in [4.78, 5) is 29.7. The molecule has 1 amide bonds. The van der Waals surface area contributed by atoms with Crippen LogP contribution in [0.2, 0.25) is 0 Å². The Bertz CT molecular complexity index is 1080. The van der Waals surface area contributed by atoms with Crippen molar-refractivity contribution in [1.29, 1.82) is 0 Å². The van der Waals surface area contributed by atoms with Crippen LogP contribution >= 0.6 is 0 Å². The van der Waals surface area contributed by atoms with Crippen LogP contribution in [0.5, 0.6) is 5.88 Å². The number of pyridine rings is 1. The van der Waals surface area contributed by atoms with Gasteiger partial charge in [0.1, 0.15) is 12.1 Å². The number of unbranched alkanes of at least 4 members (excludes halogenated alkanes) is 1. The predicted octanol–water partition coefficient (Wildman–Crippen LogP) is 5.01. The first-order valence-electron chi connectivity index (χ1n) is 11.1. The molecule has 1 aliphatic rings. The molecular weight excluding hydrogens is 406 g/mol. The molecule has 4 heterocycles. The van der Waals surface area contributed by atoms with E-state index < -0.39 is 0 Å². The number of hydrogen-bond acceptors (Lipinski definition) is 6. The smallest absolute Gasteiger partial charge is 0.409 e. The Morgan fingerprint density at radius 1 is 1.22 bits per heavy atom. The number of carbonyl (C=O) groups is 1. The van der Waals surface area contributed by atoms with Gasteiger partial charge in [0.15, 0.2) is 5.65 Å². The van der Waals surface area contributed by atoms with Gasteiger partial charge in [0.2, 0.25) is 5.88 Å². The van der Waals surface area contributed by atoms with Crippen LogP contribution < -0.4 is 4.74 Å². The molecule has 1 N–H and O–H groups in total. The summed E-state index contributed by atoms with van der Waals surface area (Å²) in [5, 5.41) is 0. The number of amides is 1. The molecule has 0 saturated carbocycles. The van der Waals surface area contributed by atoms with Crippen LogP contribution in [0.4, 0.5) is 4.79 Å². The van der Waals surface area contributed by atoms with Gasteiger partial charge in [-0.05, 0) is 43.9 Å². The number of H-pyrrole nitrogens is 1. The number of fused-ring (bicyclic) bond motifs is 1. The third kappa shape index (κ3) is 5.18. The number of hydrogen-bond donors (Lipinski definition) is 1. The van der Waals surface area contributed by atoms with Gasteiger partial charge in [-0.2, -0.15) is 0 Å². The van der Waals surface area contributed by atoms with Crippen molar-refractivity contribution < 1.29 is 14.3 Å². The van der Waals surface area contributed by atoms with E-state index in [1.165, 1.54) is 0 Å². The molecule has 3 aromatic heterocycles. The minimum absolute atomic E-state index is 0.145. The van der Waals surface area contributed by atoms with E-state index in [1.807, 2.05) is 32.2 Å². The summed E-state index contributed by atoms with van der Waals surface area (Å²) in [5.41, 5.74) is 6.32. The van der Waals surface area contributed by atoms with Crippen LogP contribution in [-0.4, -0.2) is 57.7 Å². The lowest BCUT2D eigenvalue weighted by Gasteiger charge is -2.12. The van der Waals surface area contributed by atoms with E-state index in [9.17, 15) is 4.79 Å². The van der Waals surface area contributed by atoms with Crippen LogP contribution in [0.15, 0.2) is 18.3 Å². The lowest BCUT2D eigenvalue weighted by Crippen LogP contribution is -2.25. The Kier molecular flexibility index (Phi) is 7.66. The standard InChI is InChI=1S/C17H20N4O.C7H13NO2/c1-9(2)13-7-6-12(17(20-13)22-5)15-11(4)19-16-14(21-15)10(3)8-18-16;1-2-3-4-8-5-6-10-7(8)9/h6-9H,1-5H3,(H,18,19);2-6H2,1H3. The summed E-state index contributed by atoms with van der Waals surface area (Å²) >= 11 is 0. The number of rotatable bonds is 6. The van der Waals surface area contributed by atoms with Crippen molar-refractivity contribution in [3.8, 4) is 17.1 Å². The van der Waals surface area contributed by atoms with Gasteiger partial charge in [-0.25, -0.2) is 19.7 Å². The summed E-state index contributed by atoms with van der Waals surface area (Å²) < 4.78 is 10.2. The molecule has 0 atom stereocenters. The maximum absolute atomic E-state index is 10.8. The van der Waals surface area contributed by atoms with Gasteiger partial charge in [-0.3, -0.25) is 0 Å². The largest absolute Gasteiger partial charge is 0.480 e. The van der Waals surface area contributed by atoms with Crippen molar-refractivity contribution >= 4 is 17.3 Å². The highest BCUT2D eigenvalue weighted by Gasteiger charge is 2.20. The van der Waals surface area contributed by atoms with Crippen molar-refractivity contribution in [1.82, 2.24) is 24.8 Å². The third-order valence-corrected chi connectivity index (χ3v) is 5.42. The fourth-order valence-electron chi connectivity index (χ4n) is 3.48. The van der Waals surface area contributed by atoms with Crippen LogP contribution in [0, 0.1) is 13.8 Å². The van der Waals surface area contributed by atoms with E-state index in [4.69, 9.17) is 14.5 Å². The van der Waals surface area contributed by atoms with Crippen LogP contribution in [0.1, 0.15) is 56.5 Å². The zero-order valence-corrected chi connectivity index (χ0v) is 19.9. The maximum atomic E-state index is 10.8. The van der Waals surface area contributed by atoms with Gasteiger partial charge in [-0.15, -0.1) is 0 Å². The first-order chi connectivity index (χ1) is 15.3. The van der Waals surface area contributed by atoms with Gasteiger partial charge >= 0.3 is 6.09 Å². The number of methoxy groups -OCH3 is 1. The molecule has 8 heteroatoms. The van der Waals surface area contributed by atoms with Crippen molar-refractivity contribution in [3.63, 3.8) is 0 Å². The lowest BCUT2D eigenvalue weighted by atomic mass is 10.1. The second kappa shape index (κ2) is 10.4. The van der Waals surface area contributed by atoms with E-state index >= 15 is 0 Å². The number of carbonyl (C=O) groups excluding carboxylic acids is 1. The highest BCUT2D eigenvalue weighted by molar-refractivity contribution is 5.80. The molecule has 0 radical (unpaired) electrons. The average molecular weight is 440 g/mol. The topological polar surface area (TPSA) is 93.2 Å². The number of aryl methyl sites for hydroxylation is 2. The quantitative estimate of drug-likeness (QED) is 0.580. The molecule has 32 heavy (non-hydrogen) atoms. The van der Waals surface area contributed by atoms with Crippen LogP contribution in [0.3, 0.4) is 0 Å². The number of ether oxygens (including phenoxy) is 2. The predicted molar refractivity (Wildman–Crippen MR) is 125 cm³/mol. The normalized spacial score (nSPS) is 13.3. The molecule has 0 aromatic carbocycles. The molecule has 8 nitrogen and oxygen atoms in total. The average Bonchev–Trinajstić information content (AvgIpc) is 3.36.